The highest BCUT2D eigenvalue weighted by Gasteiger charge is 2.29. The number of carbonyl (C=O) groups is 1. The largest absolute Gasteiger partial charge is 0.462 e. The minimum Gasteiger partial charge on any atom is -0.462 e. The van der Waals surface area contributed by atoms with Gasteiger partial charge in [0.1, 0.15) is 5.00 Å². The number of hydrogen-bond donors (Lipinski definition) is 1. The Labute approximate surface area is 158 Å². The molecule has 2 unspecified atom stereocenters. The molecule has 3 rings (SSSR count). The summed E-state index contributed by atoms with van der Waals surface area (Å²) in [7, 11) is 0. The third kappa shape index (κ3) is 4.15. The Morgan fingerprint density at radius 3 is 2.68 bits per heavy atom. The first-order chi connectivity index (χ1) is 12.0. The Kier molecular flexibility index (Phi) is 5.96. The zero-order valence-electron chi connectivity index (χ0n) is 15.1. The van der Waals surface area contributed by atoms with Crippen LogP contribution in [0.5, 0.6) is 0 Å². The van der Waals surface area contributed by atoms with Crippen LogP contribution in [0.3, 0.4) is 0 Å². The number of aryl methyl sites for hydroxylation is 1. The molecule has 2 heterocycles. The molecular weight excluding hydrogens is 356 g/mol. The number of hydrogen-bond acceptors (Lipinski definition) is 5. The van der Waals surface area contributed by atoms with Crippen molar-refractivity contribution < 1.29 is 14.3 Å². The zero-order valence-corrected chi connectivity index (χ0v) is 16.7. The number of anilines is 1. The van der Waals surface area contributed by atoms with Crippen LogP contribution in [0.25, 0.3) is 0 Å². The van der Waals surface area contributed by atoms with E-state index in [2.05, 4.69) is 24.1 Å². The fourth-order valence-electron chi connectivity index (χ4n) is 3.59. The minimum atomic E-state index is -0.240. The van der Waals surface area contributed by atoms with Crippen molar-refractivity contribution in [3.63, 3.8) is 0 Å². The van der Waals surface area contributed by atoms with Gasteiger partial charge in [0.05, 0.1) is 24.4 Å². The summed E-state index contributed by atoms with van der Waals surface area (Å²) in [4.78, 5) is 15.9. The molecular formula is C18H26N2O3S2. The lowest BCUT2D eigenvalue weighted by Crippen LogP contribution is -2.49. The summed E-state index contributed by atoms with van der Waals surface area (Å²) in [6, 6.07) is 0. The minimum absolute atomic E-state index is 0.143. The van der Waals surface area contributed by atoms with Crippen LogP contribution in [0, 0.1) is 0 Å². The van der Waals surface area contributed by atoms with E-state index in [4.69, 9.17) is 21.7 Å². The van der Waals surface area contributed by atoms with Gasteiger partial charge >= 0.3 is 5.97 Å². The van der Waals surface area contributed by atoms with Gasteiger partial charge in [-0.2, -0.15) is 0 Å². The Morgan fingerprint density at radius 2 is 2.00 bits per heavy atom. The van der Waals surface area contributed by atoms with E-state index in [1.165, 1.54) is 11.3 Å². The smallest absolute Gasteiger partial charge is 0.341 e. The summed E-state index contributed by atoms with van der Waals surface area (Å²) in [6.07, 6.45) is 4.57. The third-order valence-corrected chi connectivity index (χ3v) is 6.15. The number of nitrogens with zero attached hydrogens (tertiary/aromatic N) is 1. The summed E-state index contributed by atoms with van der Waals surface area (Å²) in [5.41, 5.74) is 1.85. The maximum Gasteiger partial charge on any atom is 0.341 e. The SMILES string of the molecule is CCOC(=O)c1c(NC(=S)N2CC(C)OC(C)C2)sc2c1CCCC2. The number of morpholine rings is 1. The lowest BCUT2D eigenvalue weighted by atomic mass is 9.95. The van der Waals surface area contributed by atoms with Crippen molar-refractivity contribution in [3.8, 4) is 0 Å². The molecule has 25 heavy (non-hydrogen) atoms. The molecule has 0 amide bonds. The average molecular weight is 383 g/mol. The van der Waals surface area contributed by atoms with E-state index < -0.39 is 0 Å². The molecule has 0 aromatic carbocycles. The van der Waals surface area contributed by atoms with Crippen LogP contribution < -0.4 is 5.32 Å². The van der Waals surface area contributed by atoms with Gasteiger partial charge in [-0.05, 0) is 64.2 Å². The number of esters is 1. The van der Waals surface area contributed by atoms with E-state index in [1.54, 1.807) is 11.3 Å². The summed E-state index contributed by atoms with van der Waals surface area (Å²) in [6.45, 7) is 7.85. The van der Waals surface area contributed by atoms with E-state index in [0.717, 1.165) is 42.9 Å². The van der Waals surface area contributed by atoms with Gasteiger partial charge in [-0.15, -0.1) is 11.3 Å². The van der Waals surface area contributed by atoms with E-state index in [-0.39, 0.29) is 18.2 Å². The fourth-order valence-corrected chi connectivity index (χ4v) is 5.19. The molecule has 0 saturated carbocycles. The van der Waals surface area contributed by atoms with Gasteiger partial charge in [-0.3, -0.25) is 0 Å². The van der Waals surface area contributed by atoms with E-state index in [1.807, 2.05) is 6.92 Å². The first-order valence-electron chi connectivity index (χ1n) is 9.02. The van der Waals surface area contributed by atoms with Gasteiger partial charge in [-0.25, -0.2) is 4.79 Å². The van der Waals surface area contributed by atoms with Crippen molar-refractivity contribution in [2.75, 3.05) is 25.0 Å². The second-order valence-electron chi connectivity index (χ2n) is 6.73. The maximum absolute atomic E-state index is 12.5. The van der Waals surface area contributed by atoms with Gasteiger partial charge in [0.2, 0.25) is 0 Å². The molecule has 1 aliphatic heterocycles. The molecule has 2 aliphatic rings. The number of carbonyl (C=O) groups excluding carboxylic acids is 1. The molecule has 1 aromatic heterocycles. The third-order valence-electron chi connectivity index (χ3n) is 4.58. The fraction of sp³-hybridized carbons (Fsp3) is 0.667. The first kappa shape index (κ1) is 18.6. The zero-order chi connectivity index (χ0) is 18.0. The van der Waals surface area contributed by atoms with Gasteiger partial charge in [0, 0.05) is 18.0 Å². The predicted molar refractivity (Wildman–Crippen MR) is 105 cm³/mol. The van der Waals surface area contributed by atoms with E-state index in [9.17, 15) is 4.79 Å². The summed E-state index contributed by atoms with van der Waals surface area (Å²) < 4.78 is 11.1. The standard InChI is InChI=1S/C18H26N2O3S2/c1-4-22-17(21)15-13-7-5-6-8-14(13)25-16(15)19-18(24)20-9-11(2)23-12(3)10-20/h11-12H,4-10H2,1-3H3,(H,19,24). The van der Waals surface area contributed by atoms with Crippen molar-refractivity contribution in [1.82, 2.24) is 4.90 Å². The highest BCUT2D eigenvalue weighted by Crippen LogP contribution is 2.38. The molecule has 5 nitrogen and oxygen atoms in total. The molecule has 2 atom stereocenters. The van der Waals surface area contributed by atoms with E-state index in [0.29, 0.717) is 17.3 Å². The summed E-state index contributed by atoms with van der Waals surface area (Å²) in [5, 5.41) is 4.83. The van der Waals surface area contributed by atoms with Crippen molar-refractivity contribution in [2.24, 2.45) is 0 Å². The van der Waals surface area contributed by atoms with Crippen LogP contribution in [-0.4, -0.2) is 47.9 Å². The average Bonchev–Trinajstić information content (AvgIpc) is 2.92. The van der Waals surface area contributed by atoms with Gasteiger partial charge in [0.15, 0.2) is 5.11 Å². The lowest BCUT2D eigenvalue weighted by molar-refractivity contribution is -0.0473. The monoisotopic (exact) mass is 382 g/mol. The molecule has 138 valence electrons. The molecule has 0 radical (unpaired) electrons. The quantitative estimate of drug-likeness (QED) is 0.637. The molecule has 0 spiro atoms. The number of nitrogens with one attached hydrogen (secondary N) is 1. The number of fused-ring (bicyclic) bond motifs is 1. The van der Waals surface area contributed by atoms with Gasteiger partial charge in [0.25, 0.3) is 0 Å². The topological polar surface area (TPSA) is 50.8 Å². The Balaban J connectivity index is 1.82. The van der Waals surface area contributed by atoms with Crippen molar-refractivity contribution in [1.29, 1.82) is 0 Å². The predicted octanol–water partition coefficient (Wildman–Crippen LogP) is 3.61. The second-order valence-corrected chi connectivity index (χ2v) is 8.22. The molecule has 1 aromatic rings. The van der Waals surface area contributed by atoms with Crippen LogP contribution in [-0.2, 0) is 22.3 Å². The number of rotatable bonds is 3. The summed E-state index contributed by atoms with van der Waals surface area (Å²) in [5.74, 6) is -0.240. The first-order valence-corrected chi connectivity index (χ1v) is 10.2. The van der Waals surface area contributed by atoms with Gasteiger partial charge < -0.3 is 19.7 Å². The van der Waals surface area contributed by atoms with E-state index >= 15 is 0 Å². The van der Waals surface area contributed by atoms with Crippen LogP contribution in [0.15, 0.2) is 0 Å². The lowest BCUT2D eigenvalue weighted by Gasteiger charge is -2.36. The highest BCUT2D eigenvalue weighted by atomic mass is 32.1. The van der Waals surface area contributed by atoms with Crippen LogP contribution in [0.1, 0.15) is 54.4 Å². The number of thiocarbonyl (C=S) groups is 1. The molecule has 1 fully saturated rings. The Bertz CT molecular complexity index is 649. The van der Waals surface area contributed by atoms with Crippen molar-refractivity contribution in [3.05, 3.63) is 16.0 Å². The Hall–Kier alpha value is -1.18. The van der Waals surface area contributed by atoms with Crippen molar-refractivity contribution in [2.45, 2.75) is 58.7 Å². The molecule has 1 saturated heterocycles. The van der Waals surface area contributed by atoms with Crippen LogP contribution in [0.2, 0.25) is 0 Å². The Morgan fingerprint density at radius 1 is 1.32 bits per heavy atom. The normalized spacial score (nSPS) is 23.1. The molecule has 1 aliphatic carbocycles. The van der Waals surface area contributed by atoms with Crippen LogP contribution in [0.4, 0.5) is 5.00 Å². The van der Waals surface area contributed by atoms with Crippen LogP contribution >= 0.6 is 23.6 Å². The second kappa shape index (κ2) is 8.01. The number of ether oxygens (including phenoxy) is 2. The maximum atomic E-state index is 12.5. The molecule has 7 heteroatoms. The summed E-state index contributed by atoms with van der Waals surface area (Å²) >= 11 is 7.28. The van der Waals surface area contributed by atoms with Gasteiger partial charge in [-0.1, -0.05) is 0 Å². The molecule has 0 bridgehead atoms. The number of thiophene rings is 1. The highest BCUT2D eigenvalue weighted by molar-refractivity contribution is 7.80. The van der Waals surface area contributed by atoms with Crippen molar-refractivity contribution >= 4 is 39.6 Å². The molecule has 1 N–H and O–H groups in total.